The molecule has 100 valence electrons. The Morgan fingerprint density at radius 2 is 1.94 bits per heavy atom. The fourth-order valence-corrected chi connectivity index (χ4v) is 1.68. The first-order valence-electron chi connectivity index (χ1n) is 6.34. The molecule has 2 N–H and O–H groups in total. The van der Waals surface area contributed by atoms with Gasteiger partial charge in [-0.15, -0.1) is 0 Å². The molecule has 1 aromatic rings. The van der Waals surface area contributed by atoms with Crippen LogP contribution in [0.15, 0.2) is 18.2 Å². The fourth-order valence-electron chi connectivity index (χ4n) is 1.68. The Kier molecular flexibility index (Phi) is 6.05. The number of phenols is 1. The molecule has 0 spiro atoms. The number of hydrogen-bond donors (Lipinski definition) is 2. The third kappa shape index (κ3) is 4.65. The van der Waals surface area contributed by atoms with Crippen LogP contribution in [0.2, 0.25) is 0 Å². The van der Waals surface area contributed by atoms with Crippen molar-refractivity contribution in [2.45, 2.75) is 39.0 Å². The molecule has 4 nitrogen and oxygen atoms in total. The molecule has 18 heavy (non-hydrogen) atoms. The quantitative estimate of drug-likeness (QED) is 0.695. The molecule has 0 aliphatic carbocycles. The number of carbonyl (C=O) groups is 1. The van der Waals surface area contributed by atoms with Gasteiger partial charge in [-0.2, -0.15) is 0 Å². The number of carboxylic acids is 1. The van der Waals surface area contributed by atoms with E-state index in [0.29, 0.717) is 12.4 Å². The van der Waals surface area contributed by atoms with Crippen molar-refractivity contribution in [3.63, 3.8) is 0 Å². The van der Waals surface area contributed by atoms with Crippen molar-refractivity contribution in [3.05, 3.63) is 23.8 Å². The third-order valence-electron chi connectivity index (χ3n) is 2.72. The van der Waals surface area contributed by atoms with Gasteiger partial charge in [0.05, 0.1) is 6.61 Å². The van der Waals surface area contributed by atoms with Crippen molar-refractivity contribution in [2.24, 2.45) is 0 Å². The summed E-state index contributed by atoms with van der Waals surface area (Å²) in [6.07, 6.45) is 5.77. The minimum Gasteiger partial charge on any atom is -0.507 e. The summed E-state index contributed by atoms with van der Waals surface area (Å²) in [5.41, 5.74) is -0.106. The van der Waals surface area contributed by atoms with Crippen LogP contribution in [-0.2, 0) is 0 Å². The highest BCUT2D eigenvalue weighted by Gasteiger charge is 2.09. The summed E-state index contributed by atoms with van der Waals surface area (Å²) >= 11 is 0. The predicted octanol–water partition coefficient (Wildman–Crippen LogP) is 3.44. The topological polar surface area (TPSA) is 66.8 Å². The van der Waals surface area contributed by atoms with Gasteiger partial charge in [0.1, 0.15) is 17.1 Å². The summed E-state index contributed by atoms with van der Waals surface area (Å²) in [6, 6.07) is 4.26. The molecule has 0 aliphatic heterocycles. The molecule has 0 fully saturated rings. The van der Waals surface area contributed by atoms with E-state index in [1.807, 2.05) is 0 Å². The molecule has 0 aromatic heterocycles. The second-order valence-electron chi connectivity index (χ2n) is 4.25. The van der Waals surface area contributed by atoms with Crippen LogP contribution in [0, 0.1) is 0 Å². The van der Waals surface area contributed by atoms with E-state index in [4.69, 9.17) is 9.84 Å². The van der Waals surface area contributed by atoms with Gasteiger partial charge in [-0.05, 0) is 18.6 Å². The summed E-state index contributed by atoms with van der Waals surface area (Å²) < 4.78 is 5.45. The lowest BCUT2D eigenvalue weighted by atomic mass is 10.1. The molecule has 0 heterocycles. The molecular formula is C14H20O4. The van der Waals surface area contributed by atoms with Crippen molar-refractivity contribution < 1.29 is 19.7 Å². The molecule has 1 rings (SSSR count). The highest BCUT2D eigenvalue weighted by atomic mass is 16.5. The zero-order valence-corrected chi connectivity index (χ0v) is 10.7. The molecule has 0 aliphatic rings. The normalized spacial score (nSPS) is 10.3. The lowest BCUT2D eigenvalue weighted by Crippen LogP contribution is -2.00. The number of rotatable bonds is 8. The highest BCUT2D eigenvalue weighted by molar-refractivity contribution is 5.90. The standard InChI is InChI=1S/C14H20O4/c1-2-3-4-5-6-9-18-11-7-8-12(14(16)17)13(15)10-11/h7-8,10,15H,2-6,9H2,1H3,(H,16,17). The van der Waals surface area contributed by atoms with Crippen LogP contribution < -0.4 is 4.74 Å². The smallest absolute Gasteiger partial charge is 0.339 e. The minimum atomic E-state index is -1.14. The molecule has 0 amide bonds. The maximum absolute atomic E-state index is 10.7. The monoisotopic (exact) mass is 252 g/mol. The van der Waals surface area contributed by atoms with Gasteiger partial charge in [-0.3, -0.25) is 0 Å². The summed E-state index contributed by atoms with van der Waals surface area (Å²) in [7, 11) is 0. The minimum absolute atomic E-state index is 0.106. The van der Waals surface area contributed by atoms with Crippen LogP contribution in [0.4, 0.5) is 0 Å². The maximum Gasteiger partial charge on any atom is 0.339 e. The van der Waals surface area contributed by atoms with Gasteiger partial charge in [0.15, 0.2) is 0 Å². The third-order valence-corrected chi connectivity index (χ3v) is 2.72. The molecule has 0 bridgehead atoms. The summed E-state index contributed by atoms with van der Waals surface area (Å²) in [5.74, 6) is -0.891. The van der Waals surface area contributed by atoms with Gasteiger partial charge in [0.2, 0.25) is 0 Å². The van der Waals surface area contributed by atoms with Gasteiger partial charge in [-0.1, -0.05) is 32.6 Å². The van der Waals surface area contributed by atoms with E-state index in [9.17, 15) is 9.90 Å². The van der Waals surface area contributed by atoms with E-state index in [2.05, 4.69) is 6.92 Å². The van der Waals surface area contributed by atoms with Gasteiger partial charge in [0, 0.05) is 6.07 Å². The molecule has 0 unspecified atom stereocenters. The average molecular weight is 252 g/mol. The fraction of sp³-hybridized carbons (Fsp3) is 0.500. The van der Waals surface area contributed by atoms with Crippen molar-refractivity contribution in [3.8, 4) is 11.5 Å². The highest BCUT2D eigenvalue weighted by Crippen LogP contribution is 2.23. The molecule has 0 atom stereocenters. The van der Waals surface area contributed by atoms with Gasteiger partial charge < -0.3 is 14.9 Å². The lowest BCUT2D eigenvalue weighted by Gasteiger charge is -2.07. The summed E-state index contributed by atoms with van der Waals surface area (Å²) in [6.45, 7) is 2.76. The SMILES string of the molecule is CCCCCCCOc1ccc(C(=O)O)c(O)c1. The number of ether oxygens (including phenoxy) is 1. The Labute approximate surface area is 107 Å². The van der Waals surface area contributed by atoms with Crippen molar-refractivity contribution >= 4 is 5.97 Å². The Hall–Kier alpha value is -1.71. The molecule has 1 aromatic carbocycles. The molecule has 4 heteroatoms. The molecule has 0 saturated heterocycles. The maximum atomic E-state index is 10.7. The number of benzene rings is 1. The first kappa shape index (κ1) is 14.4. The van der Waals surface area contributed by atoms with Crippen molar-refractivity contribution in [1.29, 1.82) is 0 Å². The number of hydrogen-bond acceptors (Lipinski definition) is 3. The number of unbranched alkanes of at least 4 members (excludes halogenated alkanes) is 4. The second kappa shape index (κ2) is 7.58. The van der Waals surface area contributed by atoms with E-state index in [1.54, 1.807) is 6.07 Å². The number of carboxylic acid groups (broad SMARTS) is 1. The van der Waals surface area contributed by atoms with E-state index in [-0.39, 0.29) is 11.3 Å². The Bertz CT molecular complexity index is 387. The molecular weight excluding hydrogens is 232 g/mol. The first-order chi connectivity index (χ1) is 8.65. The lowest BCUT2D eigenvalue weighted by molar-refractivity contribution is 0.0693. The van der Waals surface area contributed by atoms with Crippen LogP contribution in [-0.4, -0.2) is 22.8 Å². The zero-order chi connectivity index (χ0) is 13.4. The second-order valence-corrected chi connectivity index (χ2v) is 4.25. The van der Waals surface area contributed by atoms with E-state index in [0.717, 1.165) is 12.8 Å². The van der Waals surface area contributed by atoms with Crippen molar-refractivity contribution in [2.75, 3.05) is 6.61 Å². The van der Waals surface area contributed by atoms with E-state index >= 15 is 0 Å². The van der Waals surface area contributed by atoms with Crippen molar-refractivity contribution in [1.82, 2.24) is 0 Å². The van der Waals surface area contributed by atoms with E-state index in [1.165, 1.54) is 31.4 Å². The van der Waals surface area contributed by atoms with Crippen LogP contribution in [0.1, 0.15) is 49.4 Å². The number of aromatic hydroxyl groups is 1. The van der Waals surface area contributed by atoms with Crippen LogP contribution in [0.3, 0.4) is 0 Å². The van der Waals surface area contributed by atoms with Gasteiger partial charge >= 0.3 is 5.97 Å². The zero-order valence-electron chi connectivity index (χ0n) is 10.7. The van der Waals surface area contributed by atoms with Crippen LogP contribution in [0.25, 0.3) is 0 Å². The Balaban J connectivity index is 2.35. The predicted molar refractivity (Wildman–Crippen MR) is 69.3 cm³/mol. The van der Waals surface area contributed by atoms with Gasteiger partial charge in [0.25, 0.3) is 0 Å². The Morgan fingerprint density at radius 3 is 2.56 bits per heavy atom. The summed E-state index contributed by atoms with van der Waals surface area (Å²) in [4.78, 5) is 10.7. The average Bonchev–Trinajstić information content (AvgIpc) is 2.33. The van der Waals surface area contributed by atoms with Gasteiger partial charge in [-0.25, -0.2) is 4.79 Å². The van der Waals surface area contributed by atoms with E-state index < -0.39 is 5.97 Å². The first-order valence-corrected chi connectivity index (χ1v) is 6.34. The molecule has 0 radical (unpaired) electrons. The van der Waals surface area contributed by atoms with Crippen LogP contribution in [0.5, 0.6) is 11.5 Å². The number of aromatic carboxylic acids is 1. The largest absolute Gasteiger partial charge is 0.507 e. The van der Waals surface area contributed by atoms with Crippen LogP contribution >= 0.6 is 0 Å². The molecule has 0 saturated carbocycles. The summed E-state index contributed by atoms with van der Waals surface area (Å²) in [5, 5.41) is 18.2. The Morgan fingerprint density at radius 1 is 1.22 bits per heavy atom.